The molecule has 128 valence electrons. The zero-order chi connectivity index (χ0) is 16.7. The number of carbonyl (C=O) groups excluding carboxylic acids is 2. The molecular formula is C16H32N4O2. The highest BCUT2D eigenvalue weighted by Crippen LogP contribution is 2.11. The van der Waals surface area contributed by atoms with Gasteiger partial charge in [0, 0.05) is 39.3 Å². The second-order valence-electron chi connectivity index (χ2n) is 6.08. The van der Waals surface area contributed by atoms with Gasteiger partial charge in [0.05, 0.1) is 12.6 Å². The molecule has 1 aliphatic heterocycles. The van der Waals surface area contributed by atoms with E-state index in [2.05, 4.69) is 11.8 Å². The molecule has 2 atom stereocenters. The van der Waals surface area contributed by atoms with E-state index < -0.39 is 6.04 Å². The van der Waals surface area contributed by atoms with Crippen molar-refractivity contribution >= 4 is 11.8 Å². The van der Waals surface area contributed by atoms with Crippen molar-refractivity contribution in [2.75, 3.05) is 45.8 Å². The van der Waals surface area contributed by atoms with Gasteiger partial charge >= 0.3 is 0 Å². The van der Waals surface area contributed by atoms with Gasteiger partial charge in [-0.2, -0.15) is 0 Å². The van der Waals surface area contributed by atoms with E-state index in [-0.39, 0.29) is 17.7 Å². The maximum Gasteiger partial charge on any atom is 0.239 e. The maximum absolute atomic E-state index is 12.3. The van der Waals surface area contributed by atoms with Crippen LogP contribution in [0.5, 0.6) is 0 Å². The summed E-state index contributed by atoms with van der Waals surface area (Å²) in [6.07, 6.45) is 0.908. The molecule has 2 N–H and O–H groups in total. The first-order valence-corrected chi connectivity index (χ1v) is 8.48. The van der Waals surface area contributed by atoms with E-state index in [1.165, 1.54) is 0 Å². The second-order valence-corrected chi connectivity index (χ2v) is 6.08. The number of rotatable bonds is 7. The molecule has 0 aromatic carbocycles. The maximum atomic E-state index is 12.3. The van der Waals surface area contributed by atoms with Crippen LogP contribution < -0.4 is 5.73 Å². The normalized spacial score (nSPS) is 18.9. The van der Waals surface area contributed by atoms with Gasteiger partial charge in [-0.05, 0) is 19.8 Å². The van der Waals surface area contributed by atoms with E-state index in [9.17, 15) is 9.59 Å². The highest BCUT2D eigenvalue weighted by Gasteiger charge is 2.28. The summed E-state index contributed by atoms with van der Waals surface area (Å²) in [5, 5.41) is 0. The first-order valence-electron chi connectivity index (χ1n) is 8.48. The minimum Gasteiger partial charge on any atom is -0.342 e. The summed E-state index contributed by atoms with van der Waals surface area (Å²) in [5.41, 5.74) is 6.03. The topological polar surface area (TPSA) is 69.9 Å². The molecular weight excluding hydrogens is 280 g/mol. The number of nitrogens with zero attached hydrogens (tertiary/aromatic N) is 3. The lowest BCUT2D eigenvalue weighted by Gasteiger charge is -2.37. The first kappa shape index (κ1) is 18.9. The molecule has 1 fully saturated rings. The summed E-state index contributed by atoms with van der Waals surface area (Å²) in [6, 6.07) is -0.408. The zero-order valence-corrected chi connectivity index (χ0v) is 14.5. The van der Waals surface area contributed by atoms with Crippen LogP contribution in [0.1, 0.15) is 34.1 Å². The lowest BCUT2D eigenvalue weighted by atomic mass is 9.98. The quantitative estimate of drug-likeness (QED) is 0.737. The summed E-state index contributed by atoms with van der Waals surface area (Å²) in [7, 11) is 0. The Morgan fingerprint density at radius 3 is 2.09 bits per heavy atom. The van der Waals surface area contributed by atoms with E-state index in [0.29, 0.717) is 19.6 Å². The Hall–Kier alpha value is -1.14. The third-order valence-corrected chi connectivity index (χ3v) is 4.70. The molecule has 0 saturated carbocycles. The van der Waals surface area contributed by atoms with Crippen molar-refractivity contribution in [1.29, 1.82) is 0 Å². The summed E-state index contributed by atoms with van der Waals surface area (Å²) >= 11 is 0. The molecule has 0 aromatic heterocycles. The molecule has 6 nitrogen and oxygen atoms in total. The molecule has 0 spiro atoms. The number of hydrogen-bond donors (Lipinski definition) is 1. The fourth-order valence-electron chi connectivity index (χ4n) is 2.70. The van der Waals surface area contributed by atoms with Gasteiger partial charge in [0.15, 0.2) is 0 Å². The second kappa shape index (κ2) is 9.10. The predicted molar refractivity (Wildman–Crippen MR) is 88.4 cm³/mol. The SMILES string of the molecule is CCC(C)C(N)C(=O)N1CCN(CC(=O)N(CC)CC)CC1. The molecule has 1 heterocycles. The summed E-state index contributed by atoms with van der Waals surface area (Å²) < 4.78 is 0. The number of carbonyl (C=O) groups is 2. The molecule has 0 aromatic rings. The van der Waals surface area contributed by atoms with Crippen LogP contribution in [0.4, 0.5) is 0 Å². The van der Waals surface area contributed by atoms with Crippen LogP contribution in [0.2, 0.25) is 0 Å². The van der Waals surface area contributed by atoms with Gasteiger partial charge in [-0.15, -0.1) is 0 Å². The van der Waals surface area contributed by atoms with Crippen LogP contribution in [0.15, 0.2) is 0 Å². The summed E-state index contributed by atoms with van der Waals surface area (Å²) in [4.78, 5) is 30.3. The smallest absolute Gasteiger partial charge is 0.239 e. The number of amides is 2. The molecule has 1 aliphatic rings. The Morgan fingerprint density at radius 2 is 1.64 bits per heavy atom. The molecule has 0 radical (unpaired) electrons. The van der Waals surface area contributed by atoms with Crippen molar-refractivity contribution in [2.24, 2.45) is 11.7 Å². The number of piperazine rings is 1. The molecule has 0 bridgehead atoms. The molecule has 2 amide bonds. The van der Waals surface area contributed by atoms with Crippen molar-refractivity contribution in [2.45, 2.75) is 40.2 Å². The lowest BCUT2D eigenvalue weighted by Crippen LogP contribution is -2.55. The van der Waals surface area contributed by atoms with Gasteiger partial charge in [-0.25, -0.2) is 0 Å². The van der Waals surface area contributed by atoms with Gasteiger partial charge in [-0.1, -0.05) is 20.3 Å². The van der Waals surface area contributed by atoms with Gasteiger partial charge in [0.2, 0.25) is 11.8 Å². The van der Waals surface area contributed by atoms with Crippen molar-refractivity contribution in [1.82, 2.24) is 14.7 Å². The summed E-state index contributed by atoms with van der Waals surface area (Å²) in [5.74, 6) is 0.417. The molecule has 0 aliphatic carbocycles. The zero-order valence-electron chi connectivity index (χ0n) is 14.5. The van der Waals surface area contributed by atoms with Crippen molar-refractivity contribution in [3.63, 3.8) is 0 Å². The molecule has 22 heavy (non-hydrogen) atoms. The minimum atomic E-state index is -0.408. The van der Waals surface area contributed by atoms with Crippen molar-refractivity contribution < 1.29 is 9.59 Å². The highest BCUT2D eigenvalue weighted by atomic mass is 16.2. The molecule has 6 heteroatoms. The molecule has 1 rings (SSSR count). The van der Waals surface area contributed by atoms with E-state index >= 15 is 0 Å². The molecule has 1 saturated heterocycles. The number of hydrogen-bond acceptors (Lipinski definition) is 4. The van der Waals surface area contributed by atoms with Gasteiger partial charge in [0.25, 0.3) is 0 Å². The third kappa shape index (κ3) is 4.95. The average Bonchev–Trinajstić information content (AvgIpc) is 2.54. The number of likely N-dealkylation sites (N-methyl/N-ethyl adjacent to an activating group) is 1. The largest absolute Gasteiger partial charge is 0.342 e. The Labute approximate surface area is 134 Å². The fraction of sp³-hybridized carbons (Fsp3) is 0.875. The van der Waals surface area contributed by atoms with E-state index in [1.807, 2.05) is 30.6 Å². The standard InChI is InChI=1S/C16H32N4O2/c1-5-13(4)15(17)16(22)20-10-8-18(9-11-20)12-14(21)19(6-2)7-3/h13,15H,5-12,17H2,1-4H3. The summed E-state index contributed by atoms with van der Waals surface area (Å²) in [6.45, 7) is 12.8. The lowest BCUT2D eigenvalue weighted by molar-refractivity contribution is -0.136. The third-order valence-electron chi connectivity index (χ3n) is 4.70. The highest BCUT2D eigenvalue weighted by molar-refractivity contribution is 5.82. The van der Waals surface area contributed by atoms with Crippen LogP contribution in [-0.4, -0.2) is 78.4 Å². The van der Waals surface area contributed by atoms with E-state index in [4.69, 9.17) is 5.73 Å². The number of nitrogens with two attached hydrogens (primary N) is 1. The Kier molecular flexibility index (Phi) is 7.82. The van der Waals surface area contributed by atoms with Crippen LogP contribution in [-0.2, 0) is 9.59 Å². The predicted octanol–water partition coefficient (Wildman–Crippen LogP) is 0.372. The van der Waals surface area contributed by atoms with E-state index in [0.717, 1.165) is 32.6 Å². The van der Waals surface area contributed by atoms with Crippen LogP contribution >= 0.6 is 0 Å². The monoisotopic (exact) mass is 312 g/mol. The average molecular weight is 312 g/mol. The Morgan fingerprint density at radius 1 is 1.09 bits per heavy atom. The van der Waals surface area contributed by atoms with Crippen LogP contribution in [0.3, 0.4) is 0 Å². The minimum absolute atomic E-state index is 0.0454. The van der Waals surface area contributed by atoms with Crippen LogP contribution in [0, 0.1) is 5.92 Å². The first-order chi connectivity index (χ1) is 10.4. The Balaban J connectivity index is 2.43. The van der Waals surface area contributed by atoms with Gasteiger partial charge < -0.3 is 15.5 Å². The van der Waals surface area contributed by atoms with Gasteiger partial charge in [0.1, 0.15) is 0 Å². The van der Waals surface area contributed by atoms with Crippen LogP contribution in [0.25, 0.3) is 0 Å². The molecule has 2 unspecified atom stereocenters. The van der Waals surface area contributed by atoms with E-state index in [1.54, 1.807) is 0 Å². The van der Waals surface area contributed by atoms with Crippen molar-refractivity contribution in [3.8, 4) is 0 Å². The fourth-order valence-corrected chi connectivity index (χ4v) is 2.70. The Bertz CT molecular complexity index is 363. The van der Waals surface area contributed by atoms with Gasteiger partial charge in [-0.3, -0.25) is 14.5 Å². The van der Waals surface area contributed by atoms with Crippen molar-refractivity contribution in [3.05, 3.63) is 0 Å².